The van der Waals surface area contributed by atoms with Crippen molar-refractivity contribution >= 4 is 38.4 Å². The monoisotopic (exact) mass is 554 g/mol. The fourth-order valence-corrected chi connectivity index (χ4v) is 3.69. The van der Waals surface area contributed by atoms with E-state index in [0.717, 1.165) is 19.3 Å². The van der Waals surface area contributed by atoms with E-state index in [1.165, 1.54) is 22.6 Å². The molecular weight excluding hydrogens is 511 g/mol. The van der Waals surface area contributed by atoms with Gasteiger partial charge in [0.15, 0.2) is 0 Å². The third-order valence-corrected chi connectivity index (χ3v) is 7.09. The molecule has 3 atom stereocenters. The Kier molecular flexibility index (Phi) is 14.6. The minimum Gasteiger partial charge on any atom is -0.480 e. The van der Waals surface area contributed by atoms with Gasteiger partial charge in [-0.05, 0) is 56.8 Å². The predicted octanol–water partition coefficient (Wildman–Crippen LogP) is 5.30. The van der Waals surface area contributed by atoms with Crippen LogP contribution in [0, 0.1) is 11.3 Å². The van der Waals surface area contributed by atoms with Crippen molar-refractivity contribution in [3.63, 3.8) is 0 Å². The molecule has 7 nitrogen and oxygen atoms in total. The quantitative estimate of drug-likeness (QED) is 0.0980. The summed E-state index contributed by atoms with van der Waals surface area (Å²) in [6, 6.07) is -0.882. The second-order valence-electron chi connectivity index (χ2n) is 9.22. The molecule has 0 aromatic carbocycles. The fraction of sp³-hybridized carbons (Fsp3) is 0.870. The highest BCUT2D eigenvalue weighted by Gasteiger charge is 2.29. The van der Waals surface area contributed by atoms with Gasteiger partial charge in [0.05, 0.1) is 5.60 Å². The Morgan fingerprint density at radius 1 is 1.06 bits per heavy atom. The van der Waals surface area contributed by atoms with Crippen molar-refractivity contribution in [1.29, 1.82) is 0 Å². The van der Waals surface area contributed by atoms with Crippen LogP contribution in [0.5, 0.6) is 0 Å². The van der Waals surface area contributed by atoms with Crippen molar-refractivity contribution in [2.45, 2.75) is 105 Å². The molecule has 0 aromatic heterocycles. The average Bonchev–Trinajstić information content (AvgIpc) is 2.70. The summed E-state index contributed by atoms with van der Waals surface area (Å²) in [6.07, 6.45) is 5.67. The summed E-state index contributed by atoms with van der Waals surface area (Å²) in [5, 5.41) is 14.4. The molecule has 0 bridgehead atoms. The van der Waals surface area contributed by atoms with Crippen molar-refractivity contribution in [1.82, 2.24) is 10.6 Å². The third kappa shape index (κ3) is 12.7. The Morgan fingerprint density at radius 3 is 2.19 bits per heavy atom. The van der Waals surface area contributed by atoms with Crippen LogP contribution in [0.3, 0.4) is 0 Å². The molecule has 0 fully saturated rings. The summed E-state index contributed by atoms with van der Waals surface area (Å²) < 4.78 is 5.84. The van der Waals surface area contributed by atoms with Crippen molar-refractivity contribution in [3.05, 3.63) is 0 Å². The van der Waals surface area contributed by atoms with E-state index in [-0.39, 0.29) is 20.8 Å². The van der Waals surface area contributed by atoms with Gasteiger partial charge in [-0.25, -0.2) is 4.79 Å². The number of aliphatic carboxylic acids is 1. The molecule has 182 valence electrons. The van der Waals surface area contributed by atoms with E-state index in [1.807, 2.05) is 0 Å². The highest BCUT2D eigenvalue weighted by Crippen LogP contribution is 2.35. The lowest BCUT2D eigenvalue weighted by Crippen LogP contribution is -2.38. The molecule has 3 unspecified atom stereocenters. The smallest absolute Gasteiger partial charge is 0.326 e. The SMILES string of the molecule is CCC(C)(CCC(=O)NCCCCC(NC(=O)I)C(=O)O)OCCC(C)(CC)C(C)C. The van der Waals surface area contributed by atoms with Gasteiger partial charge >= 0.3 is 5.97 Å². The Hall–Kier alpha value is -0.900. The number of carbonyl (C=O) groups excluding carboxylic acids is 2. The third-order valence-electron chi connectivity index (χ3n) is 6.78. The number of carboxylic acid groups (broad SMARTS) is 1. The summed E-state index contributed by atoms with van der Waals surface area (Å²) in [5.41, 5.74) is -0.0412. The molecular formula is C23H43IN2O5. The van der Waals surface area contributed by atoms with Crippen molar-refractivity contribution in [3.8, 4) is 0 Å². The van der Waals surface area contributed by atoms with E-state index in [9.17, 15) is 14.4 Å². The summed E-state index contributed by atoms with van der Waals surface area (Å²) >= 11 is 1.52. The number of halogens is 1. The molecule has 0 heterocycles. The maximum Gasteiger partial charge on any atom is 0.326 e. The number of unbranched alkanes of at least 4 members (excludes halogenated alkanes) is 1. The molecule has 0 saturated carbocycles. The van der Waals surface area contributed by atoms with Crippen LogP contribution < -0.4 is 10.6 Å². The molecule has 0 aliphatic carbocycles. The molecule has 0 saturated heterocycles. The van der Waals surface area contributed by atoms with Gasteiger partial charge in [-0.3, -0.25) is 9.59 Å². The molecule has 0 radical (unpaired) electrons. The highest BCUT2D eigenvalue weighted by atomic mass is 127. The van der Waals surface area contributed by atoms with E-state index in [2.05, 4.69) is 52.2 Å². The van der Waals surface area contributed by atoms with Gasteiger partial charge in [0.1, 0.15) is 6.04 Å². The summed E-state index contributed by atoms with van der Waals surface area (Å²) in [6.45, 7) is 14.4. The molecule has 2 amide bonds. The Bertz CT molecular complexity index is 572. The maximum absolute atomic E-state index is 12.2. The van der Waals surface area contributed by atoms with Crippen LogP contribution in [0.1, 0.15) is 92.9 Å². The topological polar surface area (TPSA) is 105 Å². The number of ether oxygens (including phenoxy) is 1. The van der Waals surface area contributed by atoms with Crippen molar-refractivity contribution in [2.75, 3.05) is 13.2 Å². The number of hydrogen-bond acceptors (Lipinski definition) is 4. The lowest BCUT2D eigenvalue weighted by atomic mass is 9.74. The van der Waals surface area contributed by atoms with E-state index in [0.29, 0.717) is 51.2 Å². The minimum atomic E-state index is -1.04. The number of rotatable bonds is 17. The zero-order chi connectivity index (χ0) is 24.1. The van der Waals surface area contributed by atoms with Crippen molar-refractivity contribution in [2.24, 2.45) is 11.3 Å². The molecule has 31 heavy (non-hydrogen) atoms. The maximum atomic E-state index is 12.2. The zero-order valence-corrected chi connectivity index (χ0v) is 22.3. The van der Waals surface area contributed by atoms with Crippen LogP contribution in [0.4, 0.5) is 4.79 Å². The first-order chi connectivity index (χ1) is 14.4. The van der Waals surface area contributed by atoms with Gasteiger partial charge in [-0.15, -0.1) is 0 Å². The Balaban J connectivity index is 4.24. The number of nitrogens with one attached hydrogen (secondary N) is 2. The standard InChI is InChI=1S/C23H43IN2O5/c1-7-22(5,17(3)4)14-16-31-23(6,8-2)13-12-19(27)25-15-10-9-11-18(20(28)29)26-21(24)30/h17-18H,7-16H2,1-6H3,(H,25,27)(H,26,30)(H,28,29). The predicted molar refractivity (Wildman–Crippen MR) is 133 cm³/mol. The van der Waals surface area contributed by atoms with Crippen LogP contribution >= 0.6 is 22.6 Å². The number of carboxylic acids is 1. The molecule has 0 spiro atoms. The lowest BCUT2D eigenvalue weighted by Gasteiger charge is -2.35. The van der Waals surface area contributed by atoms with Crippen LogP contribution in [-0.2, 0) is 14.3 Å². The van der Waals surface area contributed by atoms with Crippen molar-refractivity contribution < 1.29 is 24.2 Å². The molecule has 0 rings (SSSR count). The largest absolute Gasteiger partial charge is 0.480 e. The van der Waals surface area contributed by atoms with Crippen LogP contribution in [0.15, 0.2) is 0 Å². The molecule has 0 aliphatic heterocycles. The molecule has 0 aliphatic rings. The van der Waals surface area contributed by atoms with Crippen LogP contribution in [0.25, 0.3) is 0 Å². The summed E-state index contributed by atoms with van der Waals surface area (Å²) in [7, 11) is 0. The van der Waals surface area contributed by atoms with Gasteiger partial charge in [0.25, 0.3) is 3.91 Å². The van der Waals surface area contributed by atoms with E-state index >= 15 is 0 Å². The molecule has 3 N–H and O–H groups in total. The van der Waals surface area contributed by atoms with Crippen LogP contribution in [0.2, 0.25) is 0 Å². The first-order valence-electron chi connectivity index (χ1n) is 11.5. The van der Waals surface area contributed by atoms with Gasteiger partial charge < -0.3 is 20.5 Å². The van der Waals surface area contributed by atoms with Gasteiger partial charge in [-0.2, -0.15) is 0 Å². The zero-order valence-electron chi connectivity index (χ0n) is 20.2. The van der Waals surface area contributed by atoms with E-state index in [4.69, 9.17) is 9.84 Å². The van der Waals surface area contributed by atoms with E-state index < -0.39 is 12.0 Å². The lowest BCUT2D eigenvalue weighted by molar-refractivity contribution is -0.139. The normalized spacial score (nSPS) is 16.3. The Morgan fingerprint density at radius 2 is 1.71 bits per heavy atom. The second-order valence-corrected chi connectivity index (χ2v) is 10.2. The first kappa shape index (κ1) is 30.1. The summed E-state index contributed by atoms with van der Waals surface area (Å²) in [4.78, 5) is 34.3. The first-order valence-corrected chi connectivity index (χ1v) is 12.6. The number of hydrogen-bond donors (Lipinski definition) is 3. The molecule has 0 aromatic rings. The fourth-order valence-electron chi connectivity index (χ4n) is 3.32. The minimum absolute atomic E-state index is 0.0146. The van der Waals surface area contributed by atoms with Crippen LogP contribution in [-0.4, -0.2) is 45.7 Å². The number of carbonyl (C=O) groups is 3. The van der Waals surface area contributed by atoms with Gasteiger partial charge in [-0.1, -0.05) is 41.0 Å². The second kappa shape index (κ2) is 15.0. The van der Waals surface area contributed by atoms with Gasteiger partial charge in [0.2, 0.25) is 5.91 Å². The van der Waals surface area contributed by atoms with Gasteiger partial charge in [0, 0.05) is 42.2 Å². The molecule has 8 heteroatoms. The average molecular weight is 555 g/mol. The highest BCUT2D eigenvalue weighted by molar-refractivity contribution is 14.1. The van der Waals surface area contributed by atoms with E-state index in [1.54, 1.807) is 0 Å². The Labute approximate surface area is 202 Å². The summed E-state index contributed by atoms with van der Waals surface area (Å²) in [5.74, 6) is -0.455. The number of amides is 2.